The van der Waals surface area contributed by atoms with Crippen molar-refractivity contribution in [3.63, 3.8) is 0 Å². The Kier molecular flexibility index (Phi) is 5.44. The third kappa shape index (κ3) is 4.28. The summed E-state index contributed by atoms with van der Waals surface area (Å²) in [5.74, 6) is -0.851. The molecule has 0 spiro atoms. The maximum atomic E-state index is 13.8. The molecule has 0 aliphatic rings. The van der Waals surface area contributed by atoms with Crippen molar-refractivity contribution in [1.29, 1.82) is 0 Å². The number of amides is 1. The first-order chi connectivity index (χ1) is 13.0. The lowest BCUT2D eigenvalue weighted by atomic mass is 10.1. The second kappa shape index (κ2) is 7.94. The molecule has 8 heteroatoms. The molecule has 1 amide bonds. The summed E-state index contributed by atoms with van der Waals surface area (Å²) in [5.41, 5.74) is 6.18. The SMILES string of the molecule is CCn1ncc(C=NNC(=O)c2ccc(Cn3nc(C)cc3C)cc2)c1F. The van der Waals surface area contributed by atoms with E-state index >= 15 is 0 Å². The predicted molar refractivity (Wildman–Crippen MR) is 100 cm³/mol. The molecule has 27 heavy (non-hydrogen) atoms. The zero-order valence-electron chi connectivity index (χ0n) is 15.5. The summed E-state index contributed by atoms with van der Waals surface area (Å²) in [7, 11) is 0. The van der Waals surface area contributed by atoms with Gasteiger partial charge >= 0.3 is 0 Å². The highest BCUT2D eigenvalue weighted by Crippen LogP contribution is 2.09. The number of benzene rings is 1. The number of hydrogen-bond acceptors (Lipinski definition) is 4. The number of nitrogens with zero attached hydrogens (tertiary/aromatic N) is 5. The molecule has 3 aromatic rings. The summed E-state index contributed by atoms with van der Waals surface area (Å²) < 4.78 is 17.0. The first-order valence-corrected chi connectivity index (χ1v) is 8.62. The summed E-state index contributed by atoms with van der Waals surface area (Å²) in [6, 6.07) is 9.22. The zero-order valence-corrected chi connectivity index (χ0v) is 15.5. The van der Waals surface area contributed by atoms with E-state index in [9.17, 15) is 9.18 Å². The molecule has 2 heterocycles. The van der Waals surface area contributed by atoms with Gasteiger partial charge in [0, 0.05) is 17.8 Å². The van der Waals surface area contributed by atoms with Gasteiger partial charge in [-0.05, 0) is 44.5 Å². The van der Waals surface area contributed by atoms with Gasteiger partial charge in [-0.15, -0.1) is 0 Å². The number of aromatic nitrogens is 4. The molecular formula is C19H21FN6O. The fraction of sp³-hybridized carbons (Fsp3) is 0.263. The molecule has 140 valence electrons. The molecule has 0 atom stereocenters. The number of rotatable bonds is 6. The molecule has 0 aliphatic carbocycles. The van der Waals surface area contributed by atoms with Crippen LogP contribution in [0.15, 0.2) is 41.6 Å². The van der Waals surface area contributed by atoms with Gasteiger partial charge in [0.15, 0.2) is 0 Å². The summed E-state index contributed by atoms with van der Waals surface area (Å²) >= 11 is 0. The van der Waals surface area contributed by atoms with Gasteiger partial charge in [0.05, 0.1) is 30.2 Å². The van der Waals surface area contributed by atoms with Crippen LogP contribution in [0.25, 0.3) is 0 Å². The number of hydrazone groups is 1. The highest BCUT2D eigenvalue weighted by molar-refractivity contribution is 5.94. The number of hydrogen-bond donors (Lipinski definition) is 1. The summed E-state index contributed by atoms with van der Waals surface area (Å²) in [6.07, 6.45) is 2.60. The summed E-state index contributed by atoms with van der Waals surface area (Å²) in [4.78, 5) is 12.2. The van der Waals surface area contributed by atoms with Crippen molar-refractivity contribution in [3.05, 3.63) is 70.6 Å². The van der Waals surface area contributed by atoms with Gasteiger partial charge in [-0.25, -0.2) is 10.1 Å². The molecule has 1 N–H and O–H groups in total. The van der Waals surface area contributed by atoms with Crippen LogP contribution in [0.2, 0.25) is 0 Å². The lowest BCUT2D eigenvalue weighted by molar-refractivity contribution is 0.0955. The molecule has 0 unspecified atom stereocenters. The van der Waals surface area contributed by atoms with Crippen LogP contribution in [0.4, 0.5) is 4.39 Å². The third-order valence-electron chi connectivity index (χ3n) is 4.12. The first kappa shape index (κ1) is 18.5. The minimum Gasteiger partial charge on any atom is -0.267 e. The van der Waals surface area contributed by atoms with Crippen LogP contribution < -0.4 is 5.43 Å². The number of halogens is 1. The average molecular weight is 368 g/mol. The smallest absolute Gasteiger partial charge is 0.267 e. The van der Waals surface area contributed by atoms with E-state index in [4.69, 9.17) is 0 Å². The number of carbonyl (C=O) groups is 1. The van der Waals surface area contributed by atoms with Crippen LogP contribution >= 0.6 is 0 Å². The van der Waals surface area contributed by atoms with Gasteiger partial charge in [0.2, 0.25) is 5.95 Å². The summed E-state index contributed by atoms with van der Waals surface area (Å²) in [6.45, 7) is 6.82. The standard InChI is InChI=1S/C19H21FN6O/c1-4-25-18(20)17(11-22-25)10-21-23-19(27)16-7-5-15(6-8-16)12-26-14(3)9-13(2)24-26/h5-11H,4,12H2,1-3H3,(H,23,27). The number of aryl methyl sites for hydroxylation is 3. The third-order valence-corrected chi connectivity index (χ3v) is 4.12. The fourth-order valence-electron chi connectivity index (χ4n) is 2.69. The van der Waals surface area contributed by atoms with E-state index in [0.29, 0.717) is 18.7 Å². The van der Waals surface area contributed by atoms with Gasteiger partial charge in [0.1, 0.15) is 0 Å². The molecule has 2 aromatic heterocycles. The van der Waals surface area contributed by atoms with Crippen LogP contribution in [-0.2, 0) is 13.1 Å². The van der Waals surface area contributed by atoms with Crippen LogP contribution in [0.3, 0.4) is 0 Å². The largest absolute Gasteiger partial charge is 0.271 e. The van der Waals surface area contributed by atoms with Crippen molar-refractivity contribution in [1.82, 2.24) is 25.0 Å². The van der Waals surface area contributed by atoms with Crippen molar-refractivity contribution in [2.24, 2.45) is 5.10 Å². The van der Waals surface area contributed by atoms with E-state index in [1.165, 1.54) is 17.1 Å². The van der Waals surface area contributed by atoms with Crippen molar-refractivity contribution in [2.75, 3.05) is 0 Å². The van der Waals surface area contributed by atoms with Crippen molar-refractivity contribution < 1.29 is 9.18 Å². The normalized spacial score (nSPS) is 11.3. The average Bonchev–Trinajstić information content (AvgIpc) is 3.16. The molecule has 7 nitrogen and oxygen atoms in total. The maximum Gasteiger partial charge on any atom is 0.271 e. The fourth-order valence-corrected chi connectivity index (χ4v) is 2.69. The van der Waals surface area contributed by atoms with Crippen LogP contribution in [-0.4, -0.2) is 31.7 Å². The molecule has 0 bridgehead atoms. The highest BCUT2D eigenvalue weighted by Gasteiger charge is 2.08. The number of carbonyl (C=O) groups excluding carboxylic acids is 1. The second-order valence-electron chi connectivity index (χ2n) is 6.19. The Hall–Kier alpha value is -3.29. The molecule has 0 fully saturated rings. The van der Waals surface area contributed by atoms with Gasteiger partial charge < -0.3 is 0 Å². The zero-order chi connectivity index (χ0) is 19.4. The second-order valence-corrected chi connectivity index (χ2v) is 6.19. The molecule has 3 rings (SSSR count). The molecule has 0 saturated carbocycles. The highest BCUT2D eigenvalue weighted by atomic mass is 19.1. The number of nitrogens with one attached hydrogen (secondary N) is 1. The molecule has 1 aromatic carbocycles. The lowest BCUT2D eigenvalue weighted by Gasteiger charge is -2.06. The van der Waals surface area contributed by atoms with Gasteiger partial charge in [-0.2, -0.15) is 19.7 Å². The molecule has 0 radical (unpaired) electrons. The Balaban J connectivity index is 1.61. The van der Waals surface area contributed by atoms with Crippen LogP contribution in [0, 0.1) is 19.8 Å². The van der Waals surface area contributed by atoms with Crippen LogP contribution in [0.5, 0.6) is 0 Å². The minimum atomic E-state index is -0.482. The van der Waals surface area contributed by atoms with E-state index in [2.05, 4.69) is 20.7 Å². The Bertz CT molecular complexity index is 971. The Morgan fingerprint density at radius 3 is 2.59 bits per heavy atom. The summed E-state index contributed by atoms with van der Waals surface area (Å²) in [5, 5.41) is 12.1. The Labute approximate surface area is 156 Å². The monoisotopic (exact) mass is 368 g/mol. The van der Waals surface area contributed by atoms with Crippen molar-refractivity contribution >= 4 is 12.1 Å². The van der Waals surface area contributed by atoms with Gasteiger partial charge in [0.25, 0.3) is 5.91 Å². The van der Waals surface area contributed by atoms with Crippen molar-refractivity contribution in [2.45, 2.75) is 33.9 Å². The van der Waals surface area contributed by atoms with E-state index in [1.54, 1.807) is 19.1 Å². The minimum absolute atomic E-state index is 0.220. The topological polar surface area (TPSA) is 77.1 Å². The molecular weight excluding hydrogens is 347 g/mol. The predicted octanol–water partition coefficient (Wildman–Crippen LogP) is 2.67. The van der Waals surface area contributed by atoms with E-state index < -0.39 is 5.95 Å². The molecule has 0 aliphatic heterocycles. The quantitative estimate of drug-likeness (QED) is 0.537. The van der Waals surface area contributed by atoms with Crippen LogP contribution in [0.1, 0.15) is 39.8 Å². The van der Waals surface area contributed by atoms with E-state index in [-0.39, 0.29) is 11.5 Å². The molecule has 0 saturated heterocycles. The maximum absolute atomic E-state index is 13.8. The van der Waals surface area contributed by atoms with Gasteiger partial charge in [-0.3, -0.25) is 9.48 Å². The lowest BCUT2D eigenvalue weighted by Crippen LogP contribution is -2.17. The first-order valence-electron chi connectivity index (χ1n) is 8.62. The van der Waals surface area contributed by atoms with E-state index in [1.807, 2.05) is 36.7 Å². The Morgan fingerprint density at radius 2 is 2.00 bits per heavy atom. The Morgan fingerprint density at radius 1 is 1.26 bits per heavy atom. The van der Waals surface area contributed by atoms with Crippen molar-refractivity contribution in [3.8, 4) is 0 Å². The van der Waals surface area contributed by atoms with E-state index in [0.717, 1.165) is 17.0 Å². The van der Waals surface area contributed by atoms with Gasteiger partial charge in [-0.1, -0.05) is 12.1 Å².